The normalized spacial score (nSPS) is 15.6. The van der Waals surface area contributed by atoms with Crippen LogP contribution in [0.25, 0.3) is 10.8 Å². The van der Waals surface area contributed by atoms with E-state index in [-0.39, 0.29) is 24.5 Å². The van der Waals surface area contributed by atoms with Crippen molar-refractivity contribution in [2.75, 3.05) is 32.1 Å². The number of anilines is 1. The van der Waals surface area contributed by atoms with E-state index in [0.717, 1.165) is 35.9 Å². The number of carbonyl (C=O) groups is 2. The summed E-state index contributed by atoms with van der Waals surface area (Å²) in [7, 11) is 1.62. The van der Waals surface area contributed by atoms with Crippen LogP contribution in [0.3, 0.4) is 0 Å². The summed E-state index contributed by atoms with van der Waals surface area (Å²) >= 11 is 0. The maximum Gasteiger partial charge on any atom is 0.254 e. The number of ether oxygens (including phenoxy) is 2. The summed E-state index contributed by atoms with van der Waals surface area (Å²) in [5, 5.41) is 4.92. The van der Waals surface area contributed by atoms with Gasteiger partial charge in [-0.15, -0.1) is 0 Å². The Hall–Kier alpha value is -3.38. The van der Waals surface area contributed by atoms with Gasteiger partial charge in [0.1, 0.15) is 12.4 Å². The van der Waals surface area contributed by atoms with Crippen LogP contribution >= 0.6 is 0 Å². The summed E-state index contributed by atoms with van der Waals surface area (Å²) in [6, 6.07) is 20.6. The lowest BCUT2D eigenvalue weighted by Crippen LogP contribution is -2.35. The summed E-state index contributed by atoms with van der Waals surface area (Å²) in [6.45, 7) is 1.20. The zero-order chi connectivity index (χ0) is 21.6. The van der Waals surface area contributed by atoms with E-state index in [1.807, 2.05) is 48.5 Å². The minimum absolute atomic E-state index is 0.0525. The molecule has 160 valence electrons. The number of hydrogen-bond donors (Lipinski definition) is 1. The Morgan fingerprint density at radius 3 is 2.74 bits per heavy atom. The fourth-order valence-corrected chi connectivity index (χ4v) is 3.72. The lowest BCUT2D eigenvalue weighted by atomic mass is 10.1. The average Bonchev–Trinajstić information content (AvgIpc) is 3.31. The van der Waals surface area contributed by atoms with E-state index < -0.39 is 0 Å². The van der Waals surface area contributed by atoms with E-state index in [1.165, 1.54) is 4.90 Å². The number of hydrogen-bond acceptors (Lipinski definition) is 4. The van der Waals surface area contributed by atoms with Crippen molar-refractivity contribution in [1.29, 1.82) is 0 Å². The smallest absolute Gasteiger partial charge is 0.254 e. The minimum Gasteiger partial charge on any atom is -0.491 e. The molecule has 0 bridgehead atoms. The molecule has 3 aromatic carbocycles. The maximum atomic E-state index is 12.8. The van der Waals surface area contributed by atoms with Crippen LogP contribution in [-0.4, -0.2) is 49.6 Å². The summed E-state index contributed by atoms with van der Waals surface area (Å²) < 4.78 is 11.4. The van der Waals surface area contributed by atoms with E-state index in [0.29, 0.717) is 17.9 Å². The SMILES string of the molecule is CN(CC(=O)Nc1cccc2ccccc12)C(=O)c1cccc(OC[C@H]2CCCO2)c1. The lowest BCUT2D eigenvalue weighted by Gasteiger charge is -2.18. The molecule has 6 nitrogen and oxygen atoms in total. The molecule has 0 saturated carbocycles. The number of fused-ring (bicyclic) bond motifs is 1. The zero-order valence-corrected chi connectivity index (χ0v) is 17.5. The van der Waals surface area contributed by atoms with E-state index in [9.17, 15) is 9.59 Å². The molecule has 1 saturated heterocycles. The molecule has 6 heteroatoms. The molecule has 0 radical (unpaired) electrons. The average molecular weight is 418 g/mol. The van der Waals surface area contributed by atoms with Crippen molar-refractivity contribution >= 4 is 28.3 Å². The maximum absolute atomic E-state index is 12.8. The van der Waals surface area contributed by atoms with Gasteiger partial charge in [-0.1, -0.05) is 42.5 Å². The molecule has 31 heavy (non-hydrogen) atoms. The van der Waals surface area contributed by atoms with Crippen LogP contribution in [0.1, 0.15) is 23.2 Å². The lowest BCUT2D eigenvalue weighted by molar-refractivity contribution is -0.116. The third-order valence-electron chi connectivity index (χ3n) is 5.33. The number of amides is 2. The van der Waals surface area contributed by atoms with E-state index in [2.05, 4.69) is 5.32 Å². The quantitative estimate of drug-likeness (QED) is 0.627. The van der Waals surface area contributed by atoms with Crippen LogP contribution in [0.2, 0.25) is 0 Å². The molecule has 0 aliphatic carbocycles. The van der Waals surface area contributed by atoms with Gasteiger partial charge in [-0.05, 0) is 42.5 Å². The number of nitrogens with zero attached hydrogens (tertiary/aromatic N) is 1. The molecule has 0 aromatic heterocycles. The highest BCUT2D eigenvalue weighted by atomic mass is 16.5. The van der Waals surface area contributed by atoms with Crippen LogP contribution in [0.15, 0.2) is 66.7 Å². The first kappa shape index (κ1) is 20.9. The van der Waals surface area contributed by atoms with Gasteiger partial charge in [-0.3, -0.25) is 9.59 Å². The van der Waals surface area contributed by atoms with Crippen molar-refractivity contribution in [3.63, 3.8) is 0 Å². The van der Waals surface area contributed by atoms with Crippen molar-refractivity contribution in [2.24, 2.45) is 0 Å². The second-order valence-corrected chi connectivity index (χ2v) is 7.71. The minimum atomic E-state index is -0.252. The Labute approximate surface area is 181 Å². The molecule has 3 aromatic rings. The third-order valence-corrected chi connectivity index (χ3v) is 5.33. The predicted molar refractivity (Wildman–Crippen MR) is 120 cm³/mol. The van der Waals surface area contributed by atoms with Crippen molar-refractivity contribution < 1.29 is 19.1 Å². The summed E-state index contributed by atoms with van der Waals surface area (Å²) in [5.41, 5.74) is 1.21. The first-order valence-electron chi connectivity index (χ1n) is 10.5. The first-order valence-corrected chi connectivity index (χ1v) is 10.5. The van der Waals surface area contributed by atoms with E-state index >= 15 is 0 Å². The molecule has 0 unspecified atom stereocenters. The van der Waals surface area contributed by atoms with Crippen LogP contribution in [0, 0.1) is 0 Å². The summed E-state index contributed by atoms with van der Waals surface area (Å²) in [5.74, 6) is 0.128. The molecular formula is C25H26N2O4. The Kier molecular flexibility index (Phi) is 6.48. The van der Waals surface area contributed by atoms with Crippen LogP contribution in [-0.2, 0) is 9.53 Å². The van der Waals surface area contributed by atoms with Crippen LogP contribution < -0.4 is 10.1 Å². The zero-order valence-electron chi connectivity index (χ0n) is 17.5. The summed E-state index contributed by atoms with van der Waals surface area (Å²) in [6.07, 6.45) is 2.16. The second kappa shape index (κ2) is 9.62. The molecule has 1 aliphatic rings. The van der Waals surface area contributed by atoms with Gasteiger partial charge in [0.2, 0.25) is 5.91 Å². The standard InChI is InChI=1S/C25H26N2O4/c1-27(16-24(28)26-23-13-5-8-18-7-2-3-12-22(18)23)25(29)19-9-4-10-20(15-19)31-17-21-11-6-14-30-21/h2-5,7-10,12-13,15,21H,6,11,14,16-17H2,1H3,(H,26,28)/t21-/m1/s1. The van der Waals surface area contributed by atoms with Gasteiger partial charge in [-0.2, -0.15) is 0 Å². The predicted octanol–water partition coefficient (Wildman–Crippen LogP) is 4.11. The topological polar surface area (TPSA) is 67.9 Å². The first-order chi connectivity index (χ1) is 15.1. The molecule has 1 aliphatic heterocycles. The third kappa shape index (κ3) is 5.22. The van der Waals surface area contributed by atoms with Crippen LogP contribution in [0.5, 0.6) is 5.75 Å². The Morgan fingerprint density at radius 1 is 1.10 bits per heavy atom. The fraction of sp³-hybridized carbons (Fsp3) is 0.280. The van der Waals surface area contributed by atoms with Gasteiger partial charge in [-0.25, -0.2) is 0 Å². The van der Waals surface area contributed by atoms with E-state index in [1.54, 1.807) is 25.2 Å². The Balaban J connectivity index is 1.36. The fourth-order valence-electron chi connectivity index (χ4n) is 3.72. The highest BCUT2D eigenvalue weighted by molar-refractivity contribution is 6.04. The highest BCUT2D eigenvalue weighted by Crippen LogP contribution is 2.23. The van der Waals surface area contributed by atoms with Gasteiger partial charge in [0.15, 0.2) is 0 Å². The van der Waals surface area contributed by atoms with Gasteiger partial charge < -0.3 is 19.7 Å². The number of nitrogens with one attached hydrogen (secondary N) is 1. The summed E-state index contributed by atoms with van der Waals surface area (Å²) in [4.78, 5) is 26.8. The number of likely N-dealkylation sites (N-methyl/N-ethyl adjacent to an activating group) is 1. The number of carbonyl (C=O) groups excluding carboxylic acids is 2. The molecule has 2 amide bonds. The second-order valence-electron chi connectivity index (χ2n) is 7.71. The van der Waals surface area contributed by atoms with Gasteiger partial charge in [0.25, 0.3) is 5.91 Å². The largest absolute Gasteiger partial charge is 0.491 e. The molecule has 0 spiro atoms. The molecular weight excluding hydrogens is 392 g/mol. The number of benzene rings is 3. The molecule has 1 atom stereocenters. The molecule has 1 N–H and O–H groups in total. The monoisotopic (exact) mass is 418 g/mol. The Bertz CT molecular complexity index is 1070. The van der Waals surface area contributed by atoms with E-state index in [4.69, 9.17) is 9.47 Å². The number of rotatable bonds is 7. The van der Waals surface area contributed by atoms with Gasteiger partial charge >= 0.3 is 0 Å². The van der Waals surface area contributed by atoms with Crippen molar-refractivity contribution in [2.45, 2.75) is 18.9 Å². The molecule has 1 heterocycles. The van der Waals surface area contributed by atoms with Gasteiger partial charge in [0, 0.05) is 30.3 Å². The Morgan fingerprint density at radius 2 is 1.90 bits per heavy atom. The molecule has 4 rings (SSSR count). The van der Waals surface area contributed by atoms with Crippen LogP contribution in [0.4, 0.5) is 5.69 Å². The van der Waals surface area contributed by atoms with Gasteiger partial charge in [0.05, 0.1) is 12.6 Å². The van der Waals surface area contributed by atoms with Crippen molar-refractivity contribution in [3.05, 3.63) is 72.3 Å². The van der Waals surface area contributed by atoms with Crippen molar-refractivity contribution in [1.82, 2.24) is 4.90 Å². The highest BCUT2D eigenvalue weighted by Gasteiger charge is 2.18. The molecule has 1 fully saturated rings. The van der Waals surface area contributed by atoms with Crippen molar-refractivity contribution in [3.8, 4) is 5.75 Å².